The first-order chi connectivity index (χ1) is 16.2. The molecule has 182 valence electrons. The van der Waals surface area contributed by atoms with E-state index in [4.69, 9.17) is 9.15 Å². The van der Waals surface area contributed by atoms with Gasteiger partial charge in [0.1, 0.15) is 5.60 Å². The van der Waals surface area contributed by atoms with Gasteiger partial charge >= 0.3 is 6.09 Å². The van der Waals surface area contributed by atoms with E-state index in [1.807, 2.05) is 57.2 Å². The minimum atomic E-state index is -0.499. The van der Waals surface area contributed by atoms with Crippen LogP contribution < -0.4 is 10.6 Å². The number of rotatable bonds is 10. The minimum Gasteiger partial charge on any atom is -0.458 e. The molecule has 0 aliphatic rings. The van der Waals surface area contributed by atoms with E-state index in [0.29, 0.717) is 18.8 Å². The van der Waals surface area contributed by atoms with Gasteiger partial charge in [-0.15, -0.1) is 0 Å². The van der Waals surface area contributed by atoms with Crippen LogP contribution in [0.15, 0.2) is 59.2 Å². The van der Waals surface area contributed by atoms with Gasteiger partial charge in [0.15, 0.2) is 5.76 Å². The van der Waals surface area contributed by atoms with E-state index in [1.54, 1.807) is 6.26 Å². The second kappa shape index (κ2) is 11.7. The summed E-state index contributed by atoms with van der Waals surface area (Å²) in [6.45, 7) is 8.23. The summed E-state index contributed by atoms with van der Waals surface area (Å²) in [4.78, 5) is 26.4. The summed E-state index contributed by atoms with van der Waals surface area (Å²) in [5.74, 6) is 0.179. The third kappa shape index (κ3) is 7.92. The molecule has 0 unspecified atom stereocenters. The molecule has 1 heterocycles. The molecular formula is C27H35N3O4. The maximum atomic E-state index is 12.4. The van der Waals surface area contributed by atoms with Crippen LogP contribution in [0.4, 0.5) is 4.79 Å². The molecule has 2 N–H and O–H groups in total. The van der Waals surface area contributed by atoms with Gasteiger partial charge in [-0.3, -0.25) is 4.79 Å². The Labute approximate surface area is 201 Å². The van der Waals surface area contributed by atoms with Crippen LogP contribution in [0.5, 0.6) is 0 Å². The van der Waals surface area contributed by atoms with Crippen molar-refractivity contribution >= 4 is 22.8 Å². The summed E-state index contributed by atoms with van der Waals surface area (Å²) in [7, 11) is 2.06. The van der Waals surface area contributed by atoms with Crippen LogP contribution in [0, 0.1) is 0 Å². The molecule has 1 aromatic heterocycles. The molecule has 7 heteroatoms. The summed E-state index contributed by atoms with van der Waals surface area (Å²) in [5, 5.41) is 7.48. The normalized spacial score (nSPS) is 11.6. The number of carbonyl (C=O) groups excluding carboxylic acids is 2. The maximum Gasteiger partial charge on any atom is 0.407 e. The quantitative estimate of drug-likeness (QED) is 0.451. The zero-order valence-corrected chi connectivity index (χ0v) is 20.5. The molecule has 0 spiro atoms. The van der Waals surface area contributed by atoms with Crippen LogP contribution in [0.25, 0.3) is 10.8 Å². The second-order valence-electron chi connectivity index (χ2n) is 9.49. The zero-order valence-electron chi connectivity index (χ0n) is 20.5. The lowest BCUT2D eigenvalue weighted by Crippen LogP contribution is -2.33. The first-order valence-corrected chi connectivity index (χ1v) is 11.7. The van der Waals surface area contributed by atoms with Crippen molar-refractivity contribution in [1.82, 2.24) is 15.5 Å². The molecule has 0 fully saturated rings. The van der Waals surface area contributed by atoms with E-state index < -0.39 is 11.7 Å². The van der Waals surface area contributed by atoms with Gasteiger partial charge < -0.3 is 24.7 Å². The van der Waals surface area contributed by atoms with Crippen molar-refractivity contribution in [3.8, 4) is 0 Å². The molecule has 0 aliphatic carbocycles. The fraction of sp³-hybridized carbons (Fsp3) is 0.407. The number of alkyl carbamates (subject to hydrolysis) is 1. The first kappa shape index (κ1) is 25.3. The SMILES string of the molecule is CN(CCCc1ccc(CNC(=O)OC(C)(C)C)cc1)CCNC(=O)c1occ2ccccc12. The molecule has 0 radical (unpaired) electrons. The number of nitrogens with one attached hydrogen (secondary N) is 2. The van der Waals surface area contributed by atoms with Crippen molar-refractivity contribution in [1.29, 1.82) is 0 Å². The minimum absolute atomic E-state index is 0.184. The van der Waals surface area contributed by atoms with E-state index in [9.17, 15) is 9.59 Å². The molecule has 0 saturated carbocycles. The Morgan fingerprint density at radius 2 is 1.68 bits per heavy atom. The highest BCUT2D eigenvalue weighted by Crippen LogP contribution is 2.20. The molecule has 0 aliphatic heterocycles. The third-order valence-corrected chi connectivity index (χ3v) is 5.36. The number of hydrogen-bond donors (Lipinski definition) is 2. The summed E-state index contributed by atoms with van der Waals surface area (Å²) in [5.41, 5.74) is 1.79. The molecular weight excluding hydrogens is 430 g/mol. The number of likely N-dealkylation sites (N-methyl/N-ethyl adjacent to an activating group) is 1. The Hall–Kier alpha value is -3.32. The van der Waals surface area contributed by atoms with Crippen molar-refractivity contribution in [2.45, 2.75) is 45.8 Å². The molecule has 2 amide bonds. The predicted octanol–water partition coefficient (Wildman–Crippen LogP) is 4.75. The lowest BCUT2D eigenvalue weighted by atomic mass is 10.1. The Morgan fingerprint density at radius 1 is 0.971 bits per heavy atom. The Kier molecular flexibility index (Phi) is 8.71. The molecule has 7 nitrogen and oxygen atoms in total. The van der Waals surface area contributed by atoms with Crippen LogP contribution in [0.2, 0.25) is 0 Å². The van der Waals surface area contributed by atoms with Gasteiger partial charge in [-0.25, -0.2) is 4.79 Å². The topological polar surface area (TPSA) is 83.8 Å². The van der Waals surface area contributed by atoms with Crippen molar-refractivity contribution in [2.24, 2.45) is 0 Å². The van der Waals surface area contributed by atoms with Gasteiger partial charge in [-0.1, -0.05) is 48.5 Å². The van der Waals surface area contributed by atoms with E-state index >= 15 is 0 Å². The summed E-state index contributed by atoms with van der Waals surface area (Å²) in [6.07, 6.45) is 3.19. The van der Waals surface area contributed by atoms with E-state index in [2.05, 4.69) is 34.7 Å². The molecule has 0 atom stereocenters. The highest BCUT2D eigenvalue weighted by Gasteiger charge is 2.16. The number of furan rings is 1. The number of aryl methyl sites for hydroxylation is 1. The number of nitrogens with zero attached hydrogens (tertiary/aromatic N) is 1. The molecule has 34 heavy (non-hydrogen) atoms. The van der Waals surface area contributed by atoms with Crippen LogP contribution in [0.3, 0.4) is 0 Å². The fourth-order valence-electron chi connectivity index (χ4n) is 3.59. The molecule has 0 bridgehead atoms. The fourth-order valence-corrected chi connectivity index (χ4v) is 3.59. The summed E-state index contributed by atoms with van der Waals surface area (Å²) in [6, 6.07) is 15.9. The number of carbonyl (C=O) groups is 2. The van der Waals surface area contributed by atoms with Gasteiger partial charge in [0.05, 0.1) is 6.26 Å². The number of benzene rings is 2. The first-order valence-electron chi connectivity index (χ1n) is 11.7. The van der Waals surface area contributed by atoms with Gasteiger partial charge in [-0.2, -0.15) is 0 Å². The monoisotopic (exact) mass is 465 g/mol. The van der Waals surface area contributed by atoms with Gasteiger partial charge in [-0.05, 0) is 58.3 Å². The Balaban J connectivity index is 1.32. The molecule has 3 rings (SSSR count). The molecule has 3 aromatic rings. The summed E-state index contributed by atoms with van der Waals surface area (Å²) < 4.78 is 10.7. The van der Waals surface area contributed by atoms with Crippen molar-refractivity contribution in [3.63, 3.8) is 0 Å². The van der Waals surface area contributed by atoms with Crippen molar-refractivity contribution in [3.05, 3.63) is 71.7 Å². The number of fused-ring (bicyclic) bond motifs is 1. The zero-order chi connectivity index (χ0) is 24.6. The number of ether oxygens (including phenoxy) is 1. The Morgan fingerprint density at radius 3 is 2.41 bits per heavy atom. The lowest BCUT2D eigenvalue weighted by molar-refractivity contribution is 0.0523. The average Bonchev–Trinajstić information content (AvgIpc) is 3.22. The van der Waals surface area contributed by atoms with E-state index in [0.717, 1.165) is 42.3 Å². The molecule has 0 saturated heterocycles. The van der Waals surface area contributed by atoms with Gasteiger partial charge in [0.25, 0.3) is 5.91 Å². The van der Waals surface area contributed by atoms with Crippen LogP contribution in [0.1, 0.15) is 48.9 Å². The average molecular weight is 466 g/mol. The predicted molar refractivity (Wildman–Crippen MR) is 134 cm³/mol. The summed E-state index contributed by atoms with van der Waals surface area (Å²) >= 11 is 0. The van der Waals surface area contributed by atoms with E-state index in [1.165, 1.54) is 5.56 Å². The number of amides is 2. The second-order valence-corrected chi connectivity index (χ2v) is 9.49. The molecule has 2 aromatic carbocycles. The standard InChI is InChI=1S/C27H35N3O4/c1-27(2,3)34-26(32)29-18-21-13-11-20(12-14-21)8-7-16-30(4)17-15-28-25(31)24-23-10-6-5-9-22(23)19-33-24/h5-6,9-14,19H,7-8,15-18H2,1-4H3,(H,28,31)(H,29,32). The van der Waals surface area contributed by atoms with Crippen LogP contribution in [-0.4, -0.2) is 49.2 Å². The number of hydrogen-bond acceptors (Lipinski definition) is 5. The van der Waals surface area contributed by atoms with Gasteiger partial charge in [0.2, 0.25) is 0 Å². The smallest absolute Gasteiger partial charge is 0.407 e. The highest BCUT2D eigenvalue weighted by molar-refractivity contribution is 6.04. The van der Waals surface area contributed by atoms with Crippen molar-refractivity contribution in [2.75, 3.05) is 26.7 Å². The van der Waals surface area contributed by atoms with Crippen LogP contribution in [-0.2, 0) is 17.7 Å². The van der Waals surface area contributed by atoms with Gasteiger partial charge in [0, 0.05) is 30.4 Å². The third-order valence-electron chi connectivity index (χ3n) is 5.36. The Bertz CT molecular complexity index is 1080. The largest absolute Gasteiger partial charge is 0.458 e. The van der Waals surface area contributed by atoms with E-state index in [-0.39, 0.29) is 5.91 Å². The maximum absolute atomic E-state index is 12.4. The van der Waals surface area contributed by atoms with Crippen LogP contribution >= 0.6 is 0 Å². The lowest BCUT2D eigenvalue weighted by Gasteiger charge is -2.19. The van der Waals surface area contributed by atoms with Crippen molar-refractivity contribution < 1.29 is 18.7 Å². The highest BCUT2D eigenvalue weighted by atomic mass is 16.6.